The molecular weight excluding hydrogens is 241 g/mol. The maximum Gasteiger partial charge on any atom is 0.169 e. The minimum absolute atomic E-state index is 0.0487. The zero-order valence-electron chi connectivity index (χ0n) is 12.3. The van der Waals surface area contributed by atoms with Crippen LogP contribution in [0.2, 0.25) is 0 Å². The first-order valence-corrected chi connectivity index (χ1v) is 7.01. The van der Waals surface area contributed by atoms with Crippen molar-refractivity contribution in [2.45, 2.75) is 39.2 Å². The van der Waals surface area contributed by atoms with E-state index in [4.69, 9.17) is 4.74 Å². The molecule has 106 valence electrons. The van der Waals surface area contributed by atoms with Crippen LogP contribution in [0.25, 0.3) is 0 Å². The Bertz CT molecular complexity index is 444. The SMILES string of the molecule is CNC(c1cccc(OC)c1F)C1CCCC1(C)C. The van der Waals surface area contributed by atoms with Crippen LogP contribution in [0.5, 0.6) is 5.75 Å². The van der Waals surface area contributed by atoms with E-state index in [9.17, 15) is 4.39 Å². The fourth-order valence-corrected chi connectivity index (χ4v) is 3.47. The summed E-state index contributed by atoms with van der Waals surface area (Å²) in [5, 5.41) is 3.31. The molecule has 2 nitrogen and oxygen atoms in total. The molecule has 3 heteroatoms. The number of rotatable bonds is 4. The smallest absolute Gasteiger partial charge is 0.169 e. The van der Waals surface area contributed by atoms with Crippen LogP contribution in [0.15, 0.2) is 18.2 Å². The van der Waals surface area contributed by atoms with Crippen LogP contribution in [0.3, 0.4) is 0 Å². The summed E-state index contributed by atoms with van der Waals surface area (Å²) < 4.78 is 19.5. The molecule has 19 heavy (non-hydrogen) atoms. The van der Waals surface area contributed by atoms with Crippen molar-refractivity contribution in [2.75, 3.05) is 14.2 Å². The molecule has 0 spiro atoms. The van der Waals surface area contributed by atoms with Gasteiger partial charge in [0.1, 0.15) is 0 Å². The molecule has 0 aromatic heterocycles. The maximum atomic E-state index is 14.5. The van der Waals surface area contributed by atoms with Gasteiger partial charge in [0.2, 0.25) is 0 Å². The Balaban J connectivity index is 2.37. The lowest BCUT2D eigenvalue weighted by Crippen LogP contribution is -2.32. The summed E-state index contributed by atoms with van der Waals surface area (Å²) in [6.45, 7) is 4.57. The molecular formula is C16H24FNO. The average molecular weight is 265 g/mol. The van der Waals surface area contributed by atoms with Crippen molar-refractivity contribution in [3.05, 3.63) is 29.6 Å². The highest BCUT2D eigenvalue weighted by molar-refractivity contribution is 5.33. The van der Waals surface area contributed by atoms with Gasteiger partial charge in [0.05, 0.1) is 7.11 Å². The maximum absolute atomic E-state index is 14.5. The third kappa shape index (κ3) is 2.62. The monoisotopic (exact) mass is 265 g/mol. The Morgan fingerprint density at radius 2 is 2.16 bits per heavy atom. The number of nitrogens with one attached hydrogen (secondary N) is 1. The first kappa shape index (κ1) is 14.3. The predicted octanol–water partition coefficient (Wildman–Crippen LogP) is 3.92. The van der Waals surface area contributed by atoms with Crippen LogP contribution < -0.4 is 10.1 Å². The van der Waals surface area contributed by atoms with E-state index in [1.165, 1.54) is 20.0 Å². The molecule has 0 amide bonds. The van der Waals surface area contributed by atoms with Crippen LogP contribution in [0.1, 0.15) is 44.7 Å². The number of ether oxygens (including phenoxy) is 1. The van der Waals surface area contributed by atoms with E-state index in [0.717, 1.165) is 12.0 Å². The quantitative estimate of drug-likeness (QED) is 0.891. The molecule has 1 aromatic carbocycles. The predicted molar refractivity (Wildman–Crippen MR) is 75.9 cm³/mol. The van der Waals surface area contributed by atoms with Crippen LogP contribution >= 0.6 is 0 Å². The van der Waals surface area contributed by atoms with Gasteiger partial charge < -0.3 is 10.1 Å². The zero-order valence-corrected chi connectivity index (χ0v) is 12.3. The number of halogens is 1. The molecule has 2 unspecified atom stereocenters. The first-order chi connectivity index (χ1) is 9.01. The minimum atomic E-state index is -0.230. The standard InChI is InChI=1S/C16H24FNO/c1-16(2)10-6-8-12(16)15(18-3)11-7-5-9-13(19-4)14(11)17/h5,7,9,12,15,18H,6,8,10H2,1-4H3. The fraction of sp³-hybridized carbons (Fsp3) is 0.625. The number of hydrogen-bond donors (Lipinski definition) is 1. The van der Waals surface area contributed by atoms with Crippen molar-refractivity contribution in [2.24, 2.45) is 11.3 Å². The van der Waals surface area contributed by atoms with E-state index in [1.807, 2.05) is 19.2 Å². The van der Waals surface area contributed by atoms with Crippen molar-refractivity contribution < 1.29 is 9.13 Å². The summed E-state index contributed by atoms with van der Waals surface area (Å²) in [6, 6.07) is 5.45. The number of benzene rings is 1. The second-order valence-electron chi connectivity index (χ2n) is 6.12. The summed E-state index contributed by atoms with van der Waals surface area (Å²) in [6.07, 6.45) is 3.58. The molecule has 0 radical (unpaired) electrons. The van der Waals surface area contributed by atoms with Gasteiger partial charge in [-0.15, -0.1) is 0 Å². The Hall–Kier alpha value is -1.09. The van der Waals surface area contributed by atoms with Gasteiger partial charge in [-0.2, -0.15) is 0 Å². The molecule has 0 saturated heterocycles. The van der Waals surface area contributed by atoms with E-state index >= 15 is 0 Å². The van der Waals surface area contributed by atoms with Gasteiger partial charge in [0, 0.05) is 11.6 Å². The molecule has 0 heterocycles. The van der Waals surface area contributed by atoms with Crippen molar-refractivity contribution >= 4 is 0 Å². The normalized spacial score (nSPS) is 23.3. The fourth-order valence-electron chi connectivity index (χ4n) is 3.47. The minimum Gasteiger partial charge on any atom is -0.494 e. The lowest BCUT2D eigenvalue weighted by atomic mass is 9.75. The summed E-state index contributed by atoms with van der Waals surface area (Å²) in [5.41, 5.74) is 0.977. The van der Waals surface area contributed by atoms with Gasteiger partial charge in [-0.05, 0) is 37.3 Å². The van der Waals surface area contributed by atoms with Gasteiger partial charge in [-0.3, -0.25) is 0 Å². The molecule has 0 bridgehead atoms. The molecule has 2 atom stereocenters. The van der Waals surface area contributed by atoms with Crippen LogP contribution in [-0.2, 0) is 0 Å². The zero-order chi connectivity index (χ0) is 14.0. The second-order valence-corrected chi connectivity index (χ2v) is 6.12. The Morgan fingerprint density at radius 1 is 1.42 bits per heavy atom. The van der Waals surface area contributed by atoms with Crippen LogP contribution in [0, 0.1) is 17.2 Å². The Labute approximate surface area is 115 Å². The van der Waals surface area contributed by atoms with Crippen molar-refractivity contribution in [3.8, 4) is 5.75 Å². The van der Waals surface area contributed by atoms with Crippen molar-refractivity contribution in [3.63, 3.8) is 0 Å². The molecule has 1 saturated carbocycles. The summed E-state index contributed by atoms with van der Waals surface area (Å²) in [5.74, 6) is 0.555. The Morgan fingerprint density at radius 3 is 2.68 bits per heavy atom. The largest absolute Gasteiger partial charge is 0.494 e. The highest BCUT2D eigenvalue weighted by Gasteiger charge is 2.40. The third-order valence-corrected chi connectivity index (χ3v) is 4.60. The van der Waals surface area contributed by atoms with E-state index in [1.54, 1.807) is 6.07 Å². The molecule has 1 aromatic rings. The van der Waals surface area contributed by atoms with E-state index in [0.29, 0.717) is 11.7 Å². The molecule has 0 aliphatic heterocycles. The molecule has 1 aliphatic rings. The van der Waals surface area contributed by atoms with E-state index < -0.39 is 0 Å². The van der Waals surface area contributed by atoms with Gasteiger partial charge in [-0.25, -0.2) is 4.39 Å². The topological polar surface area (TPSA) is 21.3 Å². The lowest BCUT2D eigenvalue weighted by Gasteiger charge is -2.34. The molecule has 1 aliphatic carbocycles. The van der Waals surface area contributed by atoms with Crippen LogP contribution in [0.4, 0.5) is 4.39 Å². The lowest BCUT2D eigenvalue weighted by molar-refractivity contribution is 0.200. The second kappa shape index (κ2) is 5.49. The van der Waals surface area contributed by atoms with Crippen LogP contribution in [-0.4, -0.2) is 14.2 Å². The first-order valence-electron chi connectivity index (χ1n) is 7.01. The van der Waals surface area contributed by atoms with Gasteiger partial charge in [0.25, 0.3) is 0 Å². The van der Waals surface area contributed by atoms with E-state index in [-0.39, 0.29) is 17.3 Å². The summed E-state index contributed by atoms with van der Waals surface area (Å²) in [4.78, 5) is 0. The highest BCUT2D eigenvalue weighted by Crippen LogP contribution is 2.49. The molecule has 2 rings (SSSR count). The average Bonchev–Trinajstić information content (AvgIpc) is 2.72. The molecule has 1 N–H and O–H groups in total. The summed E-state index contributed by atoms with van der Waals surface area (Å²) >= 11 is 0. The third-order valence-electron chi connectivity index (χ3n) is 4.60. The molecule has 1 fully saturated rings. The number of methoxy groups -OCH3 is 1. The van der Waals surface area contributed by atoms with Crippen molar-refractivity contribution in [1.82, 2.24) is 5.32 Å². The van der Waals surface area contributed by atoms with Crippen molar-refractivity contribution in [1.29, 1.82) is 0 Å². The summed E-state index contributed by atoms with van der Waals surface area (Å²) in [7, 11) is 3.42. The van der Waals surface area contributed by atoms with Gasteiger partial charge in [-0.1, -0.05) is 32.4 Å². The van der Waals surface area contributed by atoms with Gasteiger partial charge in [0.15, 0.2) is 11.6 Å². The Kier molecular flexibility index (Phi) is 4.14. The van der Waals surface area contributed by atoms with Gasteiger partial charge >= 0.3 is 0 Å². The number of hydrogen-bond acceptors (Lipinski definition) is 2. The highest BCUT2D eigenvalue weighted by atomic mass is 19.1. The van der Waals surface area contributed by atoms with E-state index in [2.05, 4.69) is 19.2 Å².